The lowest BCUT2D eigenvalue weighted by Crippen LogP contribution is -2.51. The SMILES string of the molecule is C[C@H](c1ccccc1)N1CCN(C(=O)CN(C)CC(=O)Nc2ccccc2C(F)(F)F)CC1. The van der Waals surface area contributed by atoms with Gasteiger partial charge in [-0.3, -0.25) is 19.4 Å². The van der Waals surface area contributed by atoms with Crippen LogP contribution in [0.25, 0.3) is 0 Å². The zero-order chi connectivity index (χ0) is 24.0. The predicted molar refractivity (Wildman–Crippen MR) is 121 cm³/mol. The highest BCUT2D eigenvalue weighted by atomic mass is 19.4. The number of likely N-dealkylation sites (N-methyl/N-ethyl adjacent to an activating group) is 1. The maximum Gasteiger partial charge on any atom is 0.418 e. The van der Waals surface area contributed by atoms with Crippen LogP contribution in [0.3, 0.4) is 0 Å². The molecule has 1 N–H and O–H groups in total. The number of benzene rings is 2. The zero-order valence-electron chi connectivity index (χ0n) is 18.8. The van der Waals surface area contributed by atoms with Crippen molar-refractivity contribution in [1.29, 1.82) is 0 Å². The van der Waals surface area contributed by atoms with Crippen molar-refractivity contribution in [3.63, 3.8) is 0 Å². The van der Waals surface area contributed by atoms with Gasteiger partial charge in [0, 0.05) is 32.2 Å². The number of amides is 2. The Morgan fingerprint density at radius 3 is 2.21 bits per heavy atom. The minimum Gasteiger partial charge on any atom is -0.339 e. The molecule has 1 aliphatic heterocycles. The van der Waals surface area contributed by atoms with Gasteiger partial charge >= 0.3 is 6.18 Å². The molecule has 1 saturated heterocycles. The topological polar surface area (TPSA) is 55.9 Å². The summed E-state index contributed by atoms with van der Waals surface area (Å²) in [5.74, 6) is -0.712. The lowest BCUT2D eigenvalue weighted by molar-refractivity contribution is -0.137. The molecule has 2 amide bonds. The molecule has 0 bridgehead atoms. The molecule has 0 radical (unpaired) electrons. The number of hydrogen-bond donors (Lipinski definition) is 1. The van der Waals surface area contributed by atoms with Gasteiger partial charge in [-0.05, 0) is 31.7 Å². The van der Waals surface area contributed by atoms with Crippen LogP contribution in [0.4, 0.5) is 18.9 Å². The average Bonchev–Trinajstić information content (AvgIpc) is 2.78. The van der Waals surface area contributed by atoms with Crippen LogP contribution in [0.5, 0.6) is 0 Å². The van der Waals surface area contributed by atoms with Crippen LogP contribution in [0.15, 0.2) is 54.6 Å². The van der Waals surface area contributed by atoms with E-state index in [0.29, 0.717) is 13.1 Å². The maximum atomic E-state index is 13.1. The average molecular weight is 463 g/mol. The standard InChI is InChI=1S/C24H29F3N4O2/c1-18(19-8-4-3-5-9-19)30-12-14-31(15-13-30)23(33)17-29(2)16-22(32)28-21-11-7-6-10-20(21)24(25,26)27/h3-11,18H,12-17H2,1-2H3,(H,28,32)/t18-/m1/s1. The molecule has 2 aromatic carbocycles. The van der Waals surface area contributed by atoms with Gasteiger partial charge in [-0.15, -0.1) is 0 Å². The van der Waals surface area contributed by atoms with E-state index in [1.54, 1.807) is 11.9 Å². The van der Waals surface area contributed by atoms with E-state index in [0.717, 1.165) is 19.2 Å². The number of nitrogens with one attached hydrogen (secondary N) is 1. The highest BCUT2D eigenvalue weighted by Crippen LogP contribution is 2.34. The van der Waals surface area contributed by atoms with Crippen LogP contribution < -0.4 is 5.32 Å². The van der Waals surface area contributed by atoms with E-state index in [9.17, 15) is 22.8 Å². The molecule has 6 nitrogen and oxygen atoms in total. The summed E-state index contributed by atoms with van der Waals surface area (Å²) < 4.78 is 39.3. The molecule has 1 heterocycles. The number of rotatable bonds is 7. The van der Waals surface area contributed by atoms with Crippen LogP contribution in [0.1, 0.15) is 24.1 Å². The number of carbonyl (C=O) groups is 2. The highest BCUT2D eigenvalue weighted by Gasteiger charge is 2.33. The smallest absolute Gasteiger partial charge is 0.339 e. The molecule has 0 spiro atoms. The first kappa shape index (κ1) is 24.7. The van der Waals surface area contributed by atoms with E-state index in [1.165, 1.54) is 28.7 Å². The molecule has 0 saturated carbocycles. The Kier molecular flexibility index (Phi) is 8.10. The molecule has 3 rings (SSSR count). The molecule has 1 aliphatic rings. The van der Waals surface area contributed by atoms with Crippen molar-refractivity contribution in [2.24, 2.45) is 0 Å². The third-order valence-electron chi connectivity index (χ3n) is 5.82. The van der Waals surface area contributed by atoms with E-state index in [1.807, 2.05) is 18.2 Å². The van der Waals surface area contributed by atoms with Gasteiger partial charge in [0.1, 0.15) is 0 Å². The van der Waals surface area contributed by atoms with E-state index >= 15 is 0 Å². The lowest BCUT2D eigenvalue weighted by Gasteiger charge is -2.38. The summed E-state index contributed by atoms with van der Waals surface area (Å²) in [6.07, 6.45) is -4.56. The summed E-state index contributed by atoms with van der Waals surface area (Å²) in [7, 11) is 1.60. The second-order valence-corrected chi connectivity index (χ2v) is 8.27. The summed E-state index contributed by atoms with van der Waals surface area (Å²) >= 11 is 0. The first-order valence-corrected chi connectivity index (χ1v) is 10.9. The molecule has 2 aromatic rings. The minimum atomic E-state index is -4.56. The van der Waals surface area contributed by atoms with E-state index in [4.69, 9.17) is 0 Å². The predicted octanol–water partition coefficient (Wildman–Crippen LogP) is 3.48. The van der Waals surface area contributed by atoms with Gasteiger partial charge in [0.25, 0.3) is 0 Å². The van der Waals surface area contributed by atoms with Crippen molar-refractivity contribution in [2.75, 3.05) is 51.6 Å². The van der Waals surface area contributed by atoms with Gasteiger partial charge in [-0.25, -0.2) is 0 Å². The van der Waals surface area contributed by atoms with Crippen LogP contribution >= 0.6 is 0 Å². The number of alkyl halides is 3. The van der Waals surface area contributed by atoms with E-state index in [-0.39, 0.29) is 30.7 Å². The zero-order valence-corrected chi connectivity index (χ0v) is 18.8. The monoisotopic (exact) mass is 462 g/mol. The van der Waals surface area contributed by atoms with E-state index < -0.39 is 17.6 Å². The molecule has 178 valence electrons. The fourth-order valence-corrected chi connectivity index (χ4v) is 3.96. The summed E-state index contributed by atoms with van der Waals surface area (Å²) in [6, 6.07) is 15.3. The van der Waals surface area contributed by atoms with Crippen molar-refractivity contribution in [3.8, 4) is 0 Å². The molecule has 1 fully saturated rings. The number of para-hydroxylation sites is 1. The second kappa shape index (κ2) is 10.8. The molecular weight excluding hydrogens is 433 g/mol. The van der Waals surface area contributed by atoms with Crippen molar-refractivity contribution >= 4 is 17.5 Å². The number of halogens is 3. The second-order valence-electron chi connectivity index (χ2n) is 8.27. The number of hydrogen-bond acceptors (Lipinski definition) is 4. The number of piperazine rings is 1. The Hall–Kier alpha value is -2.91. The Balaban J connectivity index is 1.46. The molecule has 0 aromatic heterocycles. The number of nitrogens with zero attached hydrogens (tertiary/aromatic N) is 3. The van der Waals surface area contributed by atoms with Gasteiger partial charge in [-0.1, -0.05) is 42.5 Å². The summed E-state index contributed by atoms with van der Waals surface area (Å²) in [4.78, 5) is 30.5. The molecule has 0 aliphatic carbocycles. The Morgan fingerprint density at radius 1 is 0.970 bits per heavy atom. The first-order valence-electron chi connectivity index (χ1n) is 10.9. The molecule has 33 heavy (non-hydrogen) atoms. The quantitative estimate of drug-likeness (QED) is 0.685. The van der Waals surface area contributed by atoms with E-state index in [2.05, 4.69) is 29.3 Å². The third kappa shape index (κ3) is 6.79. The van der Waals surface area contributed by atoms with Gasteiger partial charge in [0.05, 0.1) is 24.3 Å². The van der Waals surface area contributed by atoms with Crippen molar-refractivity contribution < 1.29 is 22.8 Å². The van der Waals surface area contributed by atoms with Crippen LogP contribution in [0, 0.1) is 0 Å². The largest absolute Gasteiger partial charge is 0.418 e. The molecule has 1 atom stereocenters. The molecule has 9 heteroatoms. The fraction of sp³-hybridized carbons (Fsp3) is 0.417. The fourth-order valence-electron chi connectivity index (χ4n) is 3.96. The highest BCUT2D eigenvalue weighted by molar-refractivity contribution is 5.93. The Morgan fingerprint density at radius 2 is 1.58 bits per heavy atom. The normalized spacial score (nSPS) is 16.0. The van der Waals surface area contributed by atoms with Crippen molar-refractivity contribution in [3.05, 3.63) is 65.7 Å². The van der Waals surface area contributed by atoms with Gasteiger partial charge < -0.3 is 10.2 Å². The van der Waals surface area contributed by atoms with Gasteiger partial charge in [-0.2, -0.15) is 13.2 Å². The summed E-state index contributed by atoms with van der Waals surface area (Å²) in [5.41, 5.74) is 0.0354. The van der Waals surface area contributed by atoms with Crippen LogP contribution in [-0.2, 0) is 15.8 Å². The van der Waals surface area contributed by atoms with Crippen LogP contribution in [0.2, 0.25) is 0 Å². The van der Waals surface area contributed by atoms with Gasteiger partial charge in [0.2, 0.25) is 11.8 Å². The van der Waals surface area contributed by atoms with Crippen molar-refractivity contribution in [1.82, 2.24) is 14.7 Å². The maximum absolute atomic E-state index is 13.1. The summed E-state index contributed by atoms with van der Waals surface area (Å²) in [6.45, 7) is 4.66. The molecular formula is C24H29F3N4O2. The Bertz CT molecular complexity index is 944. The minimum absolute atomic E-state index is 0.0164. The van der Waals surface area contributed by atoms with Crippen molar-refractivity contribution in [2.45, 2.75) is 19.1 Å². The Labute approximate surface area is 192 Å². The number of anilines is 1. The summed E-state index contributed by atoms with van der Waals surface area (Å²) in [5, 5.41) is 2.30. The lowest BCUT2D eigenvalue weighted by atomic mass is 10.1. The van der Waals surface area contributed by atoms with Gasteiger partial charge in [0.15, 0.2) is 0 Å². The first-order chi connectivity index (χ1) is 15.6. The third-order valence-corrected chi connectivity index (χ3v) is 5.82. The van der Waals surface area contributed by atoms with Crippen LogP contribution in [-0.4, -0.2) is 72.8 Å². The number of carbonyl (C=O) groups excluding carboxylic acids is 2. The molecule has 0 unspecified atom stereocenters.